The number of nitriles is 2. The first kappa shape index (κ1) is 14.9. The Morgan fingerprint density at radius 2 is 1.88 bits per heavy atom. The summed E-state index contributed by atoms with van der Waals surface area (Å²) in [5.74, 6) is -1.70. The van der Waals surface area contributed by atoms with Gasteiger partial charge in [-0.05, 0) is 12.0 Å². The molecule has 120 valence electrons. The van der Waals surface area contributed by atoms with Crippen LogP contribution in [0.15, 0.2) is 35.3 Å². The molecule has 4 heterocycles. The van der Waals surface area contributed by atoms with E-state index in [1.54, 1.807) is 6.92 Å². The van der Waals surface area contributed by atoms with Crippen LogP contribution in [0.4, 0.5) is 0 Å². The van der Waals surface area contributed by atoms with Crippen molar-refractivity contribution in [1.82, 2.24) is 0 Å². The van der Waals surface area contributed by atoms with Gasteiger partial charge in [-0.25, -0.2) is 0 Å². The summed E-state index contributed by atoms with van der Waals surface area (Å²) in [7, 11) is 0. The van der Waals surface area contributed by atoms with E-state index in [1.807, 2.05) is 37.3 Å². The molecule has 5 rings (SSSR count). The summed E-state index contributed by atoms with van der Waals surface area (Å²) in [4.78, 5) is 4.19. The molecule has 0 radical (unpaired) electrons. The molecule has 0 amide bonds. The molecule has 24 heavy (non-hydrogen) atoms. The number of rotatable bonds is 2. The van der Waals surface area contributed by atoms with E-state index in [9.17, 15) is 10.5 Å². The number of hydrogen-bond acceptors (Lipinski definition) is 5. The molecule has 1 aromatic rings. The molecular weight excluding hydrogens is 304 g/mol. The van der Waals surface area contributed by atoms with Crippen molar-refractivity contribution in [2.24, 2.45) is 15.8 Å². The first-order chi connectivity index (χ1) is 11.5. The van der Waals surface area contributed by atoms with Crippen molar-refractivity contribution in [1.29, 1.82) is 15.9 Å². The summed E-state index contributed by atoms with van der Waals surface area (Å²) in [6, 6.07) is 13.9. The lowest BCUT2D eigenvalue weighted by Gasteiger charge is -2.60. The molecular formula is C18H16N4O2. The minimum absolute atomic E-state index is 0.110. The summed E-state index contributed by atoms with van der Waals surface area (Å²) < 4.78 is 12.1. The van der Waals surface area contributed by atoms with Crippen molar-refractivity contribution in [3.8, 4) is 12.1 Å². The molecule has 3 saturated heterocycles. The highest BCUT2D eigenvalue weighted by Crippen LogP contribution is 2.69. The first-order valence-electron chi connectivity index (χ1n) is 7.92. The monoisotopic (exact) mass is 320 g/mol. The minimum Gasteiger partial charge on any atom is -0.447 e. The Bertz CT molecular complexity index is 852. The van der Waals surface area contributed by atoms with Gasteiger partial charge in [0.25, 0.3) is 0 Å². The van der Waals surface area contributed by atoms with Crippen LogP contribution in [-0.2, 0) is 9.47 Å². The summed E-state index contributed by atoms with van der Waals surface area (Å²) in [5, 5.41) is 28.7. The fourth-order valence-electron chi connectivity index (χ4n) is 4.60. The zero-order valence-electron chi connectivity index (χ0n) is 13.4. The number of hydrogen-bond donors (Lipinski definition) is 1. The molecule has 0 unspecified atom stereocenters. The maximum atomic E-state index is 10.2. The lowest BCUT2D eigenvalue weighted by atomic mass is 9.50. The van der Waals surface area contributed by atoms with Crippen LogP contribution < -0.4 is 0 Å². The smallest absolute Gasteiger partial charge is 0.218 e. The third-order valence-electron chi connectivity index (χ3n) is 5.52. The molecule has 0 saturated carbocycles. The lowest BCUT2D eigenvalue weighted by molar-refractivity contribution is -0.314. The summed E-state index contributed by atoms with van der Waals surface area (Å²) in [5.41, 5.74) is -1.99. The molecule has 1 N–H and O–H groups in total. The van der Waals surface area contributed by atoms with E-state index in [0.29, 0.717) is 6.42 Å². The average molecular weight is 320 g/mol. The van der Waals surface area contributed by atoms with E-state index in [-0.39, 0.29) is 11.7 Å². The Morgan fingerprint density at radius 3 is 2.46 bits per heavy atom. The van der Waals surface area contributed by atoms with Crippen LogP contribution in [0.1, 0.15) is 31.7 Å². The zero-order valence-corrected chi connectivity index (χ0v) is 13.4. The van der Waals surface area contributed by atoms with Gasteiger partial charge in [-0.1, -0.05) is 37.3 Å². The molecule has 0 aliphatic carbocycles. The molecule has 3 fully saturated rings. The van der Waals surface area contributed by atoms with Crippen molar-refractivity contribution in [3.05, 3.63) is 35.9 Å². The molecule has 4 bridgehead atoms. The Hall–Kier alpha value is -2.70. The van der Waals surface area contributed by atoms with Gasteiger partial charge >= 0.3 is 0 Å². The zero-order chi connectivity index (χ0) is 17.2. The summed E-state index contributed by atoms with van der Waals surface area (Å²) >= 11 is 0. The quantitative estimate of drug-likeness (QED) is 0.905. The number of nitrogens with one attached hydrogen (secondary N) is 1. The van der Waals surface area contributed by atoms with Crippen LogP contribution in [0, 0.1) is 38.9 Å². The van der Waals surface area contributed by atoms with E-state index in [2.05, 4.69) is 17.1 Å². The van der Waals surface area contributed by atoms with E-state index < -0.39 is 28.6 Å². The van der Waals surface area contributed by atoms with Crippen LogP contribution in [0.3, 0.4) is 0 Å². The van der Waals surface area contributed by atoms with E-state index in [0.717, 1.165) is 5.56 Å². The maximum absolute atomic E-state index is 10.2. The fraction of sp³-hybridized carbons (Fsp3) is 0.444. The predicted molar refractivity (Wildman–Crippen MR) is 85.1 cm³/mol. The lowest BCUT2D eigenvalue weighted by Crippen LogP contribution is -2.72. The van der Waals surface area contributed by atoms with Crippen LogP contribution in [-0.4, -0.2) is 23.6 Å². The van der Waals surface area contributed by atoms with Gasteiger partial charge in [-0.3, -0.25) is 5.41 Å². The van der Waals surface area contributed by atoms with Gasteiger partial charge in [0.05, 0.1) is 24.2 Å². The second kappa shape index (κ2) is 4.43. The topological polar surface area (TPSA) is 102 Å². The molecule has 6 heteroatoms. The number of fused-ring (bicyclic) bond motifs is 1. The largest absolute Gasteiger partial charge is 0.447 e. The first-order valence-corrected chi connectivity index (χ1v) is 7.92. The third-order valence-corrected chi connectivity index (χ3v) is 5.52. The van der Waals surface area contributed by atoms with Gasteiger partial charge in [0.1, 0.15) is 5.84 Å². The molecule has 4 aliphatic rings. The summed E-state index contributed by atoms with van der Waals surface area (Å²) in [6.07, 6.45) is -0.00789. The highest BCUT2D eigenvalue weighted by molar-refractivity contribution is 6.13. The van der Waals surface area contributed by atoms with E-state index >= 15 is 0 Å². The normalized spacial score (nSPS) is 42.0. The number of aliphatic imine (C=N–C) groups is 1. The van der Waals surface area contributed by atoms with Crippen molar-refractivity contribution in [3.63, 3.8) is 0 Å². The van der Waals surface area contributed by atoms with Gasteiger partial charge in [0.15, 0.2) is 10.8 Å². The standard InChI is InChI=1S/C18H16N4O2/c1-3-12-17(9-19)15-22-14(21)18(17,10-20)13(16(2,23-12)24-15)11-7-5-4-6-8-11/h4-8,12-13,21H,3H2,1-2H3/t12-,13+,16+,17+,18-/m1/s1. The number of amidine groups is 1. The SMILES string of the molecule is CC[C@H]1O[C@@]2(C)OC3=NC(=N)[C@@](C#N)([C@H]2c2ccccc2)[C@]31C#N. The number of benzene rings is 1. The second-order valence-electron chi connectivity index (χ2n) is 6.58. The van der Waals surface area contributed by atoms with Gasteiger partial charge in [-0.2, -0.15) is 15.5 Å². The molecule has 0 spiro atoms. The van der Waals surface area contributed by atoms with Gasteiger partial charge < -0.3 is 9.47 Å². The highest BCUT2D eigenvalue weighted by Gasteiger charge is 2.82. The second-order valence-corrected chi connectivity index (χ2v) is 6.58. The van der Waals surface area contributed by atoms with Gasteiger partial charge in [0.2, 0.25) is 11.7 Å². The van der Waals surface area contributed by atoms with E-state index in [4.69, 9.17) is 14.9 Å². The van der Waals surface area contributed by atoms with Crippen molar-refractivity contribution in [2.75, 3.05) is 0 Å². The highest BCUT2D eigenvalue weighted by atomic mass is 16.7. The van der Waals surface area contributed by atoms with Gasteiger partial charge in [-0.15, -0.1) is 0 Å². The van der Waals surface area contributed by atoms with Crippen molar-refractivity contribution in [2.45, 2.75) is 38.1 Å². The Kier molecular flexibility index (Phi) is 2.75. The Labute approximate surface area is 139 Å². The van der Waals surface area contributed by atoms with Crippen molar-refractivity contribution < 1.29 is 9.47 Å². The molecule has 0 aromatic heterocycles. The van der Waals surface area contributed by atoms with Crippen LogP contribution in [0.2, 0.25) is 0 Å². The van der Waals surface area contributed by atoms with Gasteiger partial charge in [0, 0.05) is 6.92 Å². The molecule has 6 nitrogen and oxygen atoms in total. The Balaban J connectivity index is 2.07. The summed E-state index contributed by atoms with van der Waals surface area (Å²) in [6.45, 7) is 3.67. The van der Waals surface area contributed by atoms with Crippen molar-refractivity contribution >= 4 is 11.7 Å². The predicted octanol–water partition coefficient (Wildman–Crippen LogP) is 2.73. The number of nitrogens with zero attached hydrogens (tertiary/aromatic N) is 3. The Morgan fingerprint density at radius 1 is 1.21 bits per heavy atom. The fourth-order valence-corrected chi connectivity index (χ4v) is 4.60. The third kappa shape index (κ3) is 1.31. The van der Waals surface area contributed by atoms with Crippen LogP contribution >= 0.6 is 0 Å². The van der Waals surface area contributed by atoms with Crippen LogP contribution in [0.25, 0.3) is 0 Å². The molecule has 4 aliphatic heterocycles. The maximum Gasteiger partial charge on any atom is 0.218 e. The number of ether oxygens (including phenoxy) is 2. The van der Waals surface area contributed by atoms with E-state index in [1.165, 1.54) is 0 Å². The average Bonchev–Trinajstić information content (AvgIpc) is 2.79. The van der Waals surface area contributed by atoms with Crippen LogP contribution in [0.5, 0.6) is 0 Å². The molecule has 1 aromatic carbocycles. The molecule has 5 atom stereocenters. The minimum atomic E-state index is -1.41.